The highest BCUT2D eigenvalue weighted by Gasteiger charge is 2.17. The zero-order valence-corrected chi connectivity index (χ0v) is 15.2. The summed E-state index contributed by atoms with van der Waals surface area (Å²) in [5.74, 6) is 1.39. The van der Waals surface area contributed by atoms with Crippen LogP contribution in [0.15, 0.2) is 39.6 Å². The Morgan fingerprint density at radius 2 is 1.88 bits per heavy atom. The molecule has 132 valence electrons. The minimum absolute atomic E-state index is 0.157. The normalized spacial score (nSPS) is 13.2. The number of furan rings is 1. The number of aliphatic hydroxyl groups excluding tert-OH is 1. The van der Waals surface area contributed by atoms with Gasteiger partial charge in [-0.05, 0) is 50.5 Å². The summed E-state index contributed by atoms with van der Waals surface area (Å²) in [6.07, 6.45) is 1.49. The van der Waals surface area contributed by atoms with Crippen LogP contribution in [0.5, 0.6) is 0 Å². The first-order valence-corrected chi connectivity index (χ1v) is 9.65. The van der Waals surface area contributed by atoms with Crippen molar-refractivity contribution < 1.29 is 17.9 Å². The first-order valence-electron chi connectivity index (χ1n) is 8.17. The largest absolute Gasteiger partial charge is 0.466 e. The molecule has 0 amide bonds. The Morgan fingerprint density at radius 3 is 2.42 bits per heavy atom. The van der Waals surface area contributed by atoms with Crippen molar-refractivity contribution in [2.24, 2.45) is 0 Å². The second kappa shape index (κ2) is 7.96. The molecule has 1 atom stereocenters. The highest BCUT2D eigenvalue weighted by molar-refractivity contribution is 7.89. The van der Waals surface area contributed by atoms with Crippen LogP contribution in [-0.2, 0) is 16.4 Å². The number of hydrogen-bond acceptors (Lipinski definition) is 4. The molecule has 0 fully saturated rings. The highest BCUT2D eigenvalue weighted by Crippen LogP contribution is 2.23. The van der Waals surface area contributed by atoms with Crippen LogP contribution in [0.1, 0.15) is 48.5 Å². The molecule has 1 heterocycles. The van der Waals surface area contributed by atoms with Crippen molar-refractivity contribution in [1.82, 2.24) is 4.72 Å². The number of nitrogens with one attached hydrogen (secondary N) is 1. The van der Waals surface area contributed by atoms with E-state index in [1.165, 1.54) is 0 Å². The summed E-state index contributed by atoms with van der Waals surface area (Å²) in [6.45, 7) is 5.84. The van der Waals surface area contributed by atoms with Crippen LogP contribution in [-0.4, -0.2) is 20.1 Å². The summed E-state index contributed by atoms with van der Waals surface area (Å²) in [6, 6.07) is 8.69. The number of benzene rings is 1. The van der Waals surface area contributed by atoms with Gasteiger partial charge in [-0.1, -0.05) is 25.5 Å². The Kier molecular flexibility index (Phi) is 6.21. The molecule has 5 nitrogen and oxygen atoms in total. The number of rotatable bonds is 8. The molecule has 0 saturated carbocycles. The zero-order valence-electron chi connectivity index (χ0n) is 14.4. The Balaban J connectivity index is 1.93. The number of hydrogen-bond donors (Lipinski definition) is 2. The van der Waals surface area contributed by atoms with Gasteiger partial charge in [0, 0.05) is 12.1 Å². The molecule has 0 aliphatic carbocycles. The Hall–Kier alpha value is -1.63. The third-order valence-corrected chi connectivity index (χ3v) is 5.40. The number of aliphatic hydroxyl groups is 1. The SMILES string of the molecule is CCCc1ccc(S(=O)(=O)NCCC(O)c2cc(C)oc2C)cc1. The maximum Gasteiger partial charge on any atom is 0.240 e. The lowest BCUT2D eigenvalue weighted by Crippen LogP contribution is -2.26. The predicted molar refractivity (Wildman–Crippen MR) is 93.4 cm³/mol. The second-order valence-electron chi connectivity index (χ2n) is 5.96. The fraction of sp³-hybridized carbons (Fsp3) is 0.444. The Bertz CT molecular complexity index is 763. The molecule has 1 aromatic heterocycles. The minimum atomic E-state index is -3.56. The lowest BCUT2D eigenvalue weighted by atomic mass is 10.1. The molecule has 0 radical (unpaired) electrons. The average molecular weight is 351 g/mol. The molecule has 24 heavy (non-hydrogen) atoms. The van der Waals surface area contributed by atoms with Crippen LogP contribution in [0.2, 0.25) is 0 Å². The van der Waals surface area contributed by atoms with Crippen LogP contribution in [0.25, 0.3) is 0 Å². The Labute approximate surface area is 143 Å². The molecule has 0 aliphatic rings. The van der Waals surface area contributed by atoms with E-state index >= 15 is 0 Å². The summed E-state index contributed by atoms with van der Waals surface area (Å²) in [4.78, 5) is 0.243. The molecule has 0 spiro atoms. The number of aryl methyl sites for hydroxylation is 3. The van der Waals surface area contributed by atoms with E-state index < -0.39 is 16.1 Å². The lowest BCUT2D eigenvalue weighted by molar-refractivity contribution is 0.167. The summed E-state index contributed by atoms with van der Waals surface area (Å²) in [5.41, 5.74) is 1.83. The fourth-order valence-electron chi connectivity index (χ4n) is 2.67. The van der Waals surface area contributed by atoms with E-state index in [1.54, 1.807) is 25.1 Å². The maximum atomic E-state index is 12.3. The lowest BCUT2D eigenvalue weighted by Gasteiger charge is -2.11. The third kappa shape index (κ3) is 4.69. The van der Waals surface area contributed by atoms with Gasteiger partial charge >= 0.3 is 0 Å². The van der Waals surface area contributed by atoms with Gasteiger partial charge in [0.15, 0.2) is 0 Å². The van der Waals surface area contributed by atoms with Gasteiger partial charge in [-0.25, -0.2) is 13.1 Å². The monoisotopic (exact) mass is 351 g/mol. The van der Waals surface area contributed by atoms with E-state index in [0.29, 0.717) is 11.3 Å². The van der Waals surface area contributed by atoms with Crippen molar-refractivity contribution in [3.63, 3.8) is 0 Å². The molecular formula is C18H25NO4S. The molecule has 6 heteroatoms. The van der Waals surface area contributed by atoms with Crippen molar-refractivity contribution in [1.29, 1.82) is 0 Å². The van der Waals surface area contributed by atoms with Gasteiger partial charge in [-0.15, -0.1) is 0 Å². The molecule has 2 aromatic rings. The van der Waals surface area contributed by atoms with Crippen molar-refractivity contribution in [2.45, 2.75) is 51.0 Å². The van der Waals surface area contributed by atoms with Crippen LogP contribution in [0, 0.1) is 13.8 Å². The number of sulfonamides is 1. The second-order valence-corrected chi connectivity index (χ2v) is 7.73. The maximum absolute atomic E-state index is 12.3. The fourth-order valence-corrected chi connectivity index (χ4v) is 3.72. The summed E-state index contributed by atoms with van der Waals surface area (Å²) in [5, 5.41) is 10.2. The average Bonchev–Trinajstić information content (AvgIpc) is 2.86. The van der Waals surface area contributed by atoms with E-state index in [2.05, 4.69) is 11.6 Å². The van der Waals surface area contributed by atoms with Gasteiger partial charge < -0.3 is 9.52 Å². The molecule has 0 saturated heterocycles. The van der Waals surface area contributed by atoms with Crippen LogP contribution in [0.3, 0.4) is 0 Å². The van der Waals surface area contributed by atoms with Crippen LogP contribution < -0.4 is 4.72 Å². The van der Waals surface area contributed by atoms with E-state index in [4.69, 9.17) is 4.42 Å². The molecule has 0 aliphatic heterocycles. The Morgan fingerprint density at radius 1 is 1.21 bits per heavy atom. The molecule has 1 unspecified atom stereocenters. The summed E-state index contributed by atoms with van der Waals surface area (Å²) >= 11 is 0. The van der Waals surface area contributed by atoms with Gasteiger partial charge in [0.05, 0.1) is 11.0 Å². The highest BCUT2D eigenvalue weighted by atomic mass is 32.2. The summed E-state index contributed by atoms with van der Waals surface area (Å²) < 4.78 is 32.5. The van der Waals surface area contributed by atoms with E-state index in [9.17, 15) is 13.5 Å². The van der Waals surface area contributed by atoms with Crippen molar-refractivity contribution in [2.75, 3.05) is 6.54 Å². The first-order chi connectivity index (χ1) is 11.3. The standard InChI is InChI=1S/C18H25NO4S/c1-4-5-15-6-8-16(9-7-15)24(21,22)19-11-10-18(20)17-12-13(2)23-14(17)3/h6-9,12,18-20H,4-5,10-11H2,1-3H3. The summed E-state index contributed by atoms with van der Waals surface area (Å²) in [7, 11) is -3.56. The van der Waals surface area contributed by atoms with Gasteiger partial charge in [-0.2, -0.15) is 0 Å². The van der Waals surface area contributed by atoms with Crippen molar-refractivity contribution in [3.8, 4) is 0 Å². The zero-order chi connectivity index (χ0) is 17.7. The molecular weight excluding hydrogens is 326 g/mol. The van der Waals surface area contributed by atoms with Gasteiger partial charge in [0.25, 0.3) is 0 Å². The first kappa shape index (κ1) is 18.7. The van der Waals surface area contributed by atoms with E-state index in [1.807, 2.05) is 19.1 Å². The third-order valence-electron chi connectivity index (χ3n) is 3.92. The minimum Gasteiger partial charge on any atom is -0.466 e. The van der Waals surface area contributed by atoms with Gasteiger partial charge in [-0.3, -0.25) is 0 Å². The molecule has 1 aromatic carbocycles. The van der Waals surface area contributed by atoms with Crippen molar-refractivity contribution >= 4 is 10.0 Å². The van der Waals surface area contributed by atoms with Gasteiger partial charge in [0.2, 0.25) is 10.0 Å². The van der Waals surface area contributed by atoms with Crippen molar-refractivity contribution in [3.05, 3.63) is 53.0 Å². The molecule has 2 rings (SSSR count). The van der Waals surface area contributed by atoms with Crippen LogP contribution >= 0.6 is 0 Å². The van der Waals surface area contributed by atoms with E-state index in [0.717, 1.165) is 24.2 Å². The predicted octanol–water partition coefficient (Wildman–Crippen LogP) is 3.25. The molecule has 0 bridgehead atoms. The molecule has 2 N–H and O–H groups in total. The van der Waals surface area contributed by atoms with Gasteiger partial charge in [0.1, 0.15) is 11.5 Å². The quantitative estimate of drug-likeness (QED) is 0.765. The van der Waals surface area contributed by atoms with E-state index in [-0.39, 0.29) is 17.9 Å². The topological polar surface area (TPSA) is 79.5 Å². The van der Waals surface area contributed by atoms with Crippen LogP contribution in [0.4, 0.5) is 0 Å². The smallest absolute Gasteiger partial charge is 0.240 e.